The molecular weight excluding hydrogens is 597 g/mol. The van der Waals surface area contributed by atoms with Gasteiger partial charge in [-0.05, 0) is 60.6 Å². The molecule has 1 saturated carbocycles. The molecule has 8 atom stereocenters. The van der Waals surface area contributed by atoms with Gasteiger partial charge in [0.2, 0.25) is 17.7 Å². The normalized spacial score (nSPS) is 33.1. The fourth-order valence-corrected chi connectivity index (χ4v) is 7.96. The molecule has 3 aliphatic heterocycles. The van der Waals surface area contributed by atoms with Crippen molar-refractivity contribution in [2.45, 2.75) is 63.3 Å². The van der Waals surface area contributed by atoms with E-state index in [0.29, 0.717) is 45.6 Å². The van der Waals surface area contributed by atoms with Crippen LogP contribution in [0.2, 0.25) is 15.1 Å². The van der Waals surface area contributed by atoms with Crippen molar-refractivity contribution < 1.29 is 19.1 Å². The van der Waals surface area contributed by atoms with E-state index in [-0.39, 0.29) is 23.8 Å². The molecule has 222 valence electrons. The smallest absolute Gasteiger partial charge is 0.246 e. The van der Waals surface area contributed by atoms with Crippen molar-refractivity contribution in [1.29, 1.82) is 0 Å². The van der Waals surface area contributed by atoms with Crippen LogP contribution in [0.15, 0.2) is 54.6 Å². The highest BCUT2D eigenvalue weighted by Gasteiger charge is 2.72. The van der Waals surface area contributed by atoms with Crippen LogP contribution in [-0.4, -0.2) is 53.0 Å². The summed E-state index contributed by atoms with van der Waals surface area (Å²) in [4.78, 5) is 43.7. The number of ether oxygens (including phenoxy) is 1. The molecule has 42 heavy (non-hydrogen) atoms. The first-order chi connectivity index (χ1) is 20.1. The quantitative estimate of drug-likeness (QED) is 0.372. The number of benzene rings is 2. The highest BCUT2D eigenvalue weighted by molar-refractivity contribution is 6.35. The minimum Gasteiger partial charge on any atom is -0.359 e. The Labute approximate surface area is 260 Å². The molecule has 1 aliphatic carbocycles. The Hall–Kier alpha value is -2.58. The third-order valence-corrected chi connectivity index (χ3v) is 10.3. The molecule has 4 aliphatic rings. The average molecular weight is 631 g/mol. The van der Waals surface area contributed by atoms with Crippen molar-refractivity contribution >= 4 is 58.2 Å². The fraction of sp³-hybridized carbons (Fsp3) is 0.469. The summed E-state index contributed by atoms with van der Waals surface area (Å²) in [6.07, 6.45) is 6.62. The molecular formula is C32H34Cl3N3O4. The number of nitrogens with zero attached hydrogens (tertiary/aromatic N) is 1. The van der Waals surface area contributed by atoms with Crippen LogP contribution < -0.4 is 10.6 Å². The van der Waals surface area contributed by atoms with Crippen LogP contribution in [0, 0.1) is 23.7 Å². The average Bonchev–Trinajstić information content (AvgIpc) is 3.57. The number of hydrogen-bond acceptors (Lipinski definition) is 4. The summed E-state index contributed by atoms with van der Waals surface area (Å²) in [6.45, 7) is 4.69. The summed E-state index contributed by atoms with van der Waals surface area (Å²) in [5.74, 6) is -1.72. The number of anilines is 1. The molecule has 0 radical (unpaired) electrons. The lowest BCUT2D eigenvalue weighted by atomic mass is 9.73. The largest absolute Gasteiger partial charge is 0.359 e. The minimum atomic E-state index is -1.23. The Morgan fingerprint density at radius 1 is 1.00 bits per heavy atom. The summed E-state index contributed by atoms with van der Waals surface area (Å²) in [7, 11) is 0. The fourth-order valence-electron chi connectivity index (χ4n) is 7.31. The SMILES string of the molecule is C[C@H]1[C@H](C)CCC[C@@H]1NC(=O)[C@@H]1N(CCc2ccc(Cl)cc2)C(=O)[C@@H]2[C@@H](C(=O)Nc3cc(Cl)cc(Cl)c3)[C@@H]3C=C[C@]21O3. The van der Waals surface area contributed by atoms with Gasteiger partial charge in [0.05, 0.1) is 17.9 Å². The number of nitrogens with one attached hydrogen (secondary N) is 2. The molecule has 3 heterocycles. The summed E-state index contributed by atoms with van der Waals surface area (Å²) in [5, 5.41) is 7.55. The Morgan fingerprint density at radius 2 is 1.71 bits per heavy atom. The van der Waals surface area contributed by atoms with E-state index in [1.165, 1.54) is 0 Å². The van der Waals surface area contributed by atoms with E-state index in [0.717, 1.165) is 24.8 Å². The predicted octanol–water partition coefficient (Wildman–Crippen LogP) is 5.92. The summed E-state index contributed by atoms with van der Waals surface area (Å²) < 4.78 is 6.48. The van der Waals surface area contributed by atoms with Crippen molar-refractivity contribution in [1.82, 2.24) is 10.2 Å². The van der Waals surface area contributed by atoms with Gasteiger partial charge in [0.1, 0.15) is 11.6 Å². The lowest BCUT2D eigenvalue weighted by Gasteiger charge is -2.38. The zero-order chi connectivity index (χ0) is 29.8. The number of hydrogen-bond donors (Lipinski definition) is 2. The molecule has 2 saturated heterocycles. The number of fused-ring (bicyclic) bond motifs is 1. The maximum Gasteiger partial charge on any atom is 0.246 e. The Kier molecular flexibility index (Phi) is 8.07. The standard InChI is InChI=1S/C32H34Cl3N3O4/c1-17-4-3-5-24(18(17)2)37-30(40)28-32-12-10-25(42-32)26(29(39)36-23-15-21(34)14-22(35)16-23)27(32)31(41)38(28)13-11-19-6-8-20(33)9-7-19/h6-10,12,14-18,24-28H,3-5,11,13H2,1-2H3,(H,36,39)(H,37,40)/t17-,18+,24+,25+,26+,27+,28+,32+/m1/s1. The van der Waals surface area contributed by atoms with Gasteiger partial charge in [0.15, 0.2) is 0 Å². The predicted molar refractivity (Wildman–Crippen MR) is 164 cm³/mol. The van der Waals surface area contributed by atoms with Gasteiger partial charge in [-0.1, -0.05) is 85.8 Å². The lowest BCUT2D eigenvalue weighted by Crippen LogP contribution is -2.58. The van der Waals surface area contributed by atoms with Crippen molar-refractivity contribution in [2.24, 2.45) is 23.7 Å². The third kappa shape index (κ3) is 5.23. The van der Waals surface area contributed by atoms with Crippen molar-refractivity contribution in [2.75, 3.05) is 11.9 Å². The van der Waals surface area contributed by atoms with E-state index in [1.54, 1.807) is 23.1 Å². The molecule has 2 bridgehead atoms. The first-order valence-electron chi connectivity index (χ1n) is 14.6. The zero-order valence-electron chi connectivity index (χ0n) is 23.5. The number of halogens is 3. The van der Waals surface area contributed by atoms with E-state index in [2.05, 4.69) is 24.5 Å². The van der Waals surface area contributed by atoms with Crippen LogP contribution in [0.4, 0.5) is 5.69 Å². The Balaban J connectivity index is 1.30. The van der Waals surface area contributed by atoms with E-state index in [9.17, 15) is 14.4 Å². The van der Waals surface area contributed by atoms with Gasteiger partial charge in [-0.25, -0.2) is 0 Å². The van der Waals surface area contributed by atoms with E-state index in [4.69, 9.17) is 39.5 Å². The number of carbonyl (C=O) groups excluding carboxylic acids is 3. The zero-order valence-corrected chi connectivity index (χ0v) is 25.8. The number of rotatable bonds is 7. The van der Waals surface area contributed by atoms with Crippen molar-refractivity contribution in [3.05, 3.63) is 75.2 Å². The highest BCUT2D eigenvalue weighted by Crippen LogP contribution is 2.55. The maximum atomic E-state index is 14.2. The molecule has 2 aromatic rings. The molecule has 0 aromatic heterocycles. The van der Waals surface area contributed by atoms with Gasteiger partial charge < -0.3 is 20.3 Å². The maximum absolute atomic E-state index is 14.2. The molecule has 1 spiro atoms. The topological polar surface area (TPSA) is 87.7 Å². The summed E-state index contributed by atoms with van der Waals surface area (Å²) in [6, 6.07) is 11.3. The second-order valence-electron chi connectivity index (χ2n) is 12.1. The van der Waals surface area contributed by atoms with Crippen LogP contribution in [0.3, 0.4) is 0 Å². The second kappa shape index (κ2) is 11.5. The van der Waals surface area contributed by atoms with Gasteiger partial charge in [-0.2, -0.15) is 0 Å². The molecule has 3 fully saturated rings. The Morgan fingerprint density at radius 3 is 2.43 bits per heavy atom. The summed E-state index contributed by atoms with van der Waals surface area (Å²) in [5.41, 5.74) is 0.185. The van der Waals surface area contributed by atoms with Crippen LogP contribution >= 0.6 is 34.8 Å². The van der Waals surface area contributed by atoms with Gasteiger partial charge in [0, 0.05) is 33.3 Å². The van der Waals surface area contributed by atoms with Gasteiger partial charge in [0.25, 0.3) is 0 Å². The van der Waals surface area contributed by atoms with Gasteiger partial charge >= 0.3 is 0 Å². The van der Waals surface area contributed by atoms with E-state index >= 15 is 0 Å². The Bertz CT molecular complexity index is 1410. The van der Waals surface area contributed by atoms with Crippen LogP contribution in [0.5, 0.6) is 0 Å². The minimum absolute atomic E-state index is 0.0131. The van der Waals surface area contributed by atoms with Gasteiger partial charge in [-0.3, -0.25) is 14.4 Å². The van der Waals surface area contributed by atoms with Crippen molar-refractivity contribution in [3.63, 3.8) is 0 Å². The molecule has 7 nitrogen and oxygen atoms in total. The van der Waals surface area contributed by atoms with Crippen LogP contribution in [-0.2, 0) is 25.5 Å². The van der Waals surface area contributed by atoms with E-state index in [1.807, 2.05) is 36.4 Å². The number of amides is 3. The first-order valence-corrected chi connectivity index (χ1v) is 15.7. The van der Waals surface area contributed by atoms with E-state index < -0.39 is 29.6 Å². The molecule has 10 heteroatoms. The first kappa shape index (κ1) is 29.5. The van der Waals surface area contributed by atoms with Crippen molar-refractivity contribution in [3.8, 4) is 0 Å². The number of carbonyl (C=O) groups is 3. The monoisotopic (exact) mass is 629 g/mol. The second-order valence-corrected chi connectivity index (χ2v) is 13.4. The lowest BCUT2D eigenvalue weighted by molar-refractivity contribution is -0.141. The third-order valence-electron chi connectivity index (χ3n) is 9.64. The highest BCUT2D eigenvalue weighted by atomic mass is 35.5. The molecule has 2 aromatic carbocycles. The molecule has 2 N–H and O–H groups in total. The molecule has 0 unspecified atom stereocenters. The molecule has 3 amide bonds. The number of likely N-dealkylation sites (tertiary alicyclic amines) is 1. The summed E-state index contributed by atoms with van der Waals surface area (Å²) >= 11 is 18.4. The van der Waals surface area contributed by atoms with Crippen LogP contribution in [0.1, 0.15) is 38.7 Å². The van der Waals surface area contributed by atoms with Crippen LogP contribution in [0.25, 0.3) is 0 Å². The molecule has 6 rings (SSSR count). The van der Waals surface area contributed by atoms with Gasteiger partial charge in [-0.15, -0.1) is 0 Å².